The summed E-state index contributed by atoms with van der Waals surface area (Å²) < 4.78 is 31.5. The second-order valence-corrected chi connectivity index (χ2v) is 4.96. The molecule has 0 N–H and O–H groups in total. The molecule has 0 heterocycles. The lowest BCUT2D eigenvalue weighted by Crippen LogP contribution is -2.28. The van der Waals surface area contributed by atoms with Crippen molar-refractivity contribution in [2.75, 3.05) is 6.61 Å². The van der Waals surface area contributed by atoms with Gasteiger partial charge in [-0.3, -0.25) is 4.79 Å². The summed E-state index contributed by atoms with van der Waals surface area (Å²) in [5, 5.41) is 0. The lowest BCUT2D eigenvalue weighted by molar-refractivity contribution is -0.0424. The highest BCUT2D eigenvalue weighted by atomic mass is 19.3. The van der Waals surface area contributed by atoms with E-state index in [2.05, 4.69) is 0 Å². The lowest BCUT2D eigenvalue weighted by atomic mass is 9.82. The molecular weight excluding hydrogens is 250 g/mol. The average molecular weight is 268 g/mol. The maximum absolute atomic E-state index is 13.1. The Morgan fingerprint density at radius 3 is 2.68 bits per heavy atom. The topological polar surface area (TPSA) is 26.3 Å². The molecule has 2 nitrogen and oxygen atoms in total. The number of carbonyl (C=O) groups is 1. The Balaban J connectivity index is 2.05. The first kappa shape index (κ1) is 14.0. The van der Waals surface area contributed by atoms with Crippen molar-refractivity contribution < 1.29 is 18.3 Å². The summed E-state index contributed by atoms with van der Waals surface area (Å²) in [7, 11) is 0. The van der Waals surface area contributed by atoms with E-state index < -0.39 is 5.92 Å². The number of hydrogen-bond acceptors (Lipinski definition) is 2. The van der Waals surface area contributed by atoms with Crippen LogP contribution in [-0.2, 0) is 0 Å². The van der Waals surface area contributed by atoms with Gasteiger partial charge in [0.15, 0.2) is 5.78 Å². The molecule has 0 radical (unpaired) electrons. The molecule has 0 spiro atoms. The zero-order valence-corrected chi connectivity index (χ0v) is 11.0. The first-order valence-electron chi connectivity index (χ1n) is 6.67. The first-order valence-corrected chi connectivity index (χ1v) is 6.67. The summed E-state index contributed by atoms with van der Waals surface area (Å²) in [6.45, 7) is 2.41. The van der Waals surface area contributed by atoms with Crippen molar-refractivity contribution in [1.29, 1.82) is 0 Å². The molecule has 2 rings (SSSR count). The van der Waals surface area contributed by atoms with Crippen molar-refractivity contribution >= 4 is 5.78 Å². The second kappa shape index (κ2) is 5.68. The molecule has 1 saturated carbocycles. The summed E-state index contributed by atoms with van der Waals surface area (Å²) in [6, 6.07) is 6.96. The summed E-state index contributed by atoms with van der Waals surface area (Å²) in [5.41, 5.74) is 0.557. The minimum absolute atomic E-state index is 0.0444. The molecule has 1 aliphatic carbocycles. The number of ketones is 1. The van der Waals surface area contributed by atoms with E-state index in [-0.39, 0.29) is 37.4 Å². The predicted molar refractivity (Wildman–Crippen MR) is 68.8 cm³/mol. The second-order valence-electron chi connectivity index (χ2n) is 4.96. The highest BCUT2D eigenvalue weighted by Crippen LogP contribution is 2.37. The fraction of sp³-hybridized carbons (Fsp3) is 0.533. The summed E-state index contributed by atoms with van der Waals surface area (Å²) in [5.74, 6) is -2.27. The van der Waals surface area contributed by atoms with Crippen LogP contribution in [0, 0.1) is 5.92 Å². The van der Waals surface area contributed by atoms with Crippen molar-refractivity contribution in [2.24, 2.45) is 5.92 Å². The maximum atomic E-state index is 13.1. The Morgan fingerprint density at radius 1 is 1.37 bits per heavy atom. The van der Waals surface area contributed by atoms with Crippen LogP contribution in [0.3, 0.4) is 0 Å². The molecule has 0 amide bonds. The van der Waals surface area contributed by atoms with Gasteiger partial charge in [0.1, 0.15) is 5.75 Å². The third-order valence-corrected chi connectivity index (χ3v) is 3.52. The van der Waals surface area contributed by atoms with Gasteiger partial charge in [0.05, 0.1) is 6.61 Å². The van der Waals surface area contributed by atoms with Gasteiger partial charge < -0.3 is 4.74 Å². The van der Waals surface area contributed by atoms with Gasteiger partial charge in [-0.05, 0) is 31.9 Å². The number of benzene rings is 1. The van der Waals surface area contributed by atoms with E-state index in [4.69, 9.17) is 4.74 Å². The van der Waals surface area contributed by atoms with E-state index in [1.54, 1.807) is 24.3 Å². The Labute approximate surface area is 111 Å². The molecule has 0 unspecified atom stereocenters. The third kappa shape index (κ3) is 3.52. The van der Waals surface area contributed by atoms with Crippen molar-refractivity contribution in [3.63, 3.8) is 0 Å². The molecule has 1 aromatic carbocycles. The Kier molecular flexibility index (Phi) is 4.17. The zero-order chi connectivity index (χ0) is 13.9. The lowest BCUT2D eigenvalue weighted by Gasteiger charge is -2.27. The highest BCUT2D eigenvalue weighted by molar-refractivity contribution is 5.98. The number of ether oxygens (including phenoxy) is 1. The van der Waals surface area contributed by atoms with Gasteiger partial charge in [0.2, 0.25) is 5.92 Å². The van der Waals surface area contributed by atoms with Crippen LogP contribution >= 0.6 is 0 Å². The minimum atomic E-state index is -2.59. The molecule has 0 aliphatic heterocycles. The number of carbonyl (C=O) groups excluding carboxylic acids is 1. The molecule has 104 valence electrons. The zero-order valence-electron chi connectivity index (χ0n) is 11.0. The van der Waals surface area contributed by atoms with E-state index in [1.165, 1.54) is 0 Å². The molecule has 0 aromatic heterocycles. The van der Waals surface area contributed by atoms with E-state index in [0.717, 1.165) is 0 Å². The monoisotopic (exact) mass is 268 g/mol. The maximum Gasteiger partial charge on any atom is 0.248 e. The van der Waals surface area contributed by atoms with Crippen LogP contribution < -0.4 is 4.74 Å². The molecule has 0 bridgehead atoms. The summed E-state index contributed by atoms with van der Waals surface area (Å²) >= 11 is 0. The molecule has 0 atom stereocenters. The Morgan fingerprint density at radius 2 is 2.05 bits per heavy atom. The van der Waals surface area contributed by atoms with Crippen LogP contribution in [0.15, 0.2) is 24.3 Å². The highest BCUT2D eigenvalue weighted by Gasteiger charge is 2.37. The summed E-state index contributed by atoms with van der Waals surface area (Å²) in [4.78, 5) is 12.3. The fourth-order valence-corrected chi connectivity index (χ4v) is 2.44. The number of rotatable bonds is 4. The van der Waals surface area contributed by atoms with Crippen molar-refractivity contribution in [2.45, 2.75) is 38.5 Å². The first-order chi connectivity index (χ1) is 9.02. The molecule has 4 heteroatoms. The van der Waals surface area contributed by atoms with Crippen LogP contribution in [0.25, 0.3) is 0 Å². The van der Waals surface area contributed by atoms with Gasteiger partial charge in [-0.1, -0.05) is 12.1 Å². The van der Waals surface area contributed by atoms with E-state index >= 15 is 0 Å². The van der Waals surface area contributed by atoms with Gasteiger partial charge in [-0.2, -0.15) is 0 Å². The number of alkyl halides is 2. The van der Waals surface area contributed by atoms with Crippen LogP contribution in [0.1, 0.15) is 43.0 Å². The van der Waals surface area contributed by atoms with Gasteiger partial charge in [0.25, 0.3) is 0 Å². The van der Waals surface area contributed by atoms with E-state index in [0.29, 0.717) is 17.9 Å². The number of hydrogen-bond donors (Lipinski definition) is 0. The van der Waals surface area contributed by atoms with Crippen LogP contribution in [0.2, 0.25) is 0 Å². The van der Waals surface area contributed by atoms with Gasteiger partial charge >= 0.3 is 0 Å². The molecule has 0 saturated heterocycles. The molecular formula is C15H18F2O2. The average Bonchev–Trinajstić information content (AvgIpc) is 2.39. The fourth-order valence-electron chi connectivity index (χ4n) is 2.44. The Hall–Kier alpha value is -1.45. The summed E-state index contributed by atoms with van der Waals surface area (Å²) in [6.07, 6.45) is 0.165. The quantitative estimate of drug-likeness (QED) is 0.769. The smallest absolute Gasteiger partial charge is 0.248 e. The molecule has 1 fully saturated rings. The number of Topliss-reactive ketones (excluding diaryl/α,β-unsaturated/α-hetero) is 1. The molecule has 19 heavy (non-hydrogen) atoms. The molecule has 1 aliphatic rings. The largest absolute Gasteiger partial charge is 0.494 e. The minimum Gasteiger partial charge on any atom is -0.494 e. The standard InChI is InChI=1S/C15H18F2O2/c1-2-19-13-5-3-4-12(10-13)14(18)11-6-8-15(16,17)9-7-11/h3-5,10-11H,2,6-9H2,1H3. The normalized spacial score (nSPS) is 19.1. The van der Waals surface area contributed by atoms with Gasteiger partial charge in [-0.15, -0.1) is 0 Å². The van der Waals surface area contributed by atoms with Crippen molar-refractivity contribution in [3.05, 3.63) is 29.8 Å². The Bertz CT molecular complexity index is 447. The predicted octanol–water partition coefficient (Wildman–Crippen LogP) is 4.09. The molecule has 1 aromatic rings. The van der Waals surface area contributed by atoms with E-state index in [1.807, 2.05) is 6.92 Å². The van der Waals surface area contributed by atoms with Crippen molar-refractivity contribution in [1.82, 2.24) is 0 Å². The SMILES string of the molecule is CCOc1cccc(C(=O)C2CCC(F)(F)CC2)c1. The number of halogens is 2. The van der Waals surface area contributed by atoms with Crippen LogP contribution in [0.4, 0.5) is 8.78 Å². The van der Waals surface area contributed by atoms with Crippen LogP contribution in [-0.4, -0.2) is 18.3 Å². The van der Waals surface area contributed by atoms with Crippen LogP contribution in [0.5, 0.6) is 5.75 Å². The van der Waals surface area contributed by atoms with Gasteiger partial charge in [-0.25, -0.2) is 8.78 Å². The van der Waals surface area contributed by atoms with Gasteiger partial charge in [0, 0.05) is 24.3 Å². The third-order valence-electron chi connectivity index (χ3n) is 3.52. The van der Waals surface area contributed by atoms with E-state index in [9.17, 15) is 13.6 Å². The van der Waals surface area contributed by atoms with Crippen molar-refractivity contribution in [3.8, 4) is 5.75 Å².